The number of hydrogen-bond acceptors (Lipinski definition) is 5. The highest BCUT2D eigenvalue weighted by molar-refractivity contribution is 7.90. The zero-order chi connectivity index (χ0) is 14.6. The molecule has 110 valence electrons. The first-order valence-electron chi connectivity index (χ1n) is 5.72. The van der Waals surface area contributed by atoms with E-state index in [1.165, 1.54) is 16.8 Å². The predicted octanol–water partition coefficient (Wildman–Crippen LogP) is -1.13. The number of carbonyl (C=O) groups excluding carboxylic acids is 1. The molecule has 1 N–H and O–H groups in total. The fourth-order valence-electron chi connectivity index (χ4n) is 1.65. The predicted molar refractivity (Wildman–Crippen MR) is 66.7 cm³/mol. The molecule has 1 aliphatic rings. The Labute approximate surface area is 111 Å². The van der Waals surface area contributed by atoms with Crippen molar-refractivity contribution in [2.24, 2.45) is 0 Å². The number of morpholine rings is 1. The van der Waals surface area contributed by atoms with E-state index in [1.807, 2.05) is 0 Å². The third kappa shape index (κ3) is 4.67. The number of ether oxygens (including phenoxy) is 1. The minimum absolute atomic E-state index is 0.0291. The van der Waals surface area contributed by atoms with Crippen LogP contribution in [0.4, 0.5) is 4.79 Å². The fraction of sp³-hybridized carbons (Fsp3) is 0.800. The van der Waals surface area contributed by atoms with E-state index in [2.05, 4.69) is 0 Å². The highest BCUT2D eigenvalue weighted by Gasteiger charge is 2.34. The zero-order valence-corrected chi connectivity index (χ0v) is 11.7. The van der Waals surface area contributed by atoms with Crippen molar-refractivity contribution in [2.75, 3.05) is 45.4 Å². The molecule has 0 aliphatic carbocycles. The van der Waals surface area contributed by atoms with Crippen molar-refractivity contribution in [1.82, 2.24) is 9.80 Å². The molecular formula is C10H18N2O6S. The summed E-state index contributed by atoms with van der Waals surface area (Å²) >= 11 is 0. The molecule has 9 heteroatoms. The van der Waals surface area contributed by atoms with Crippen LogP contribution >= 0.6 is 0 Å². The number of hydrogen-bond donors (Lipinski definition) is 1. The lowest BCUT2D eigenvalue weighted by Crippen LogP contribution is -2.56. The number of carbonyl (C=O) groups is 2. The van der Waals surface area contributed by atoms with E-state index in [0.29, 0.717) is 0 Å². The van der Waals surface area contributed by atoms with Crippen molar-refractivity contribution < 1.29 is 27.9 Å². The lowest BCUT2D eigenvalue weighted by atomic mass is 10.2. The van der Waals surface area contributed by atoms with Crippen molar-refractivity contribution in [2.45, 2.75) is 6.04 Å². The molecule has 19 heavy (non-hydrogen) atoms. The van der Waals surface area contributed by atoms with Crippen LogP contribution in [-0.2, 0) is 19.4 Å². The second-order valence-electron chi connectivity index (χ2n) is 4.46. The minimum Gasteiger partial charge on any atom is -0.480 e. The molecule has 1 atom stereocenters. The molecule has 0 aromatic carbocycles. The number of rotatable bonds is 4. The Morgan fingerprint density at radius 2 is 2.11 bits per heavy atom. The summed E-state index contributed by atoms with van der Waals surface area (Å²) in [7, 11) is -1.72. The molecule has 1 saturated heterocycles. The highest BCUT2D eigenvalue weighted by Crippen LogP contribution is 2.10. The van der Waals surface area contributed by atoms with Crippen molar-refractivity contribution in [3.63, 3.8) is 0 Å². The second kappa shape index (κ2) is 6.20. The maximum Gasteiger partial charge on any atom is 0.328 e. The summed E-state index contributed by atoms with van der Waals surface area (Å²) in [5, 5.41) is 9.01. The molecule has 0 radical (unpaired) electrons. The monoisotopic (exact) mass is 294 g/mol. The van der Waals surface area contributed by atoms with E-state index < -0.39 is 27.9 Å². The van der Waals surface area contributed by atoms with Crippen molar-refractivity contribution in [1.29, 1.82) is 0 Å². The van der Waals surface area contributed by atoms with Gasteiger partial charge in [-0.25, -0.2) is 18.0 Å². The Hall–Kier alpha value is -1.35. The van der Waals surface area contributed by atoms with Crippen LogP contribution in [0.25, 0.3) is 0 Å². The lowest BCUT2D eigenvalue weighted by Gasteiger charge is -2.35. The van der Waals surface area contributed by atoms with Gasteiger partial charge in [0.2, 0.25) is 0 Å². The van der Waals surface area contributed by atoms with E-state index in [4.69, 9.17) is 9.84 Å². The molecule has 1 fully saturated rings. The molecule has 0 aromatic rings. The van der Waals surface area contributed by atoms with Crippen molar-refractivity contribution in [3.05, 3.63) is 0 Å². The Morgan fingerprint density at radius 3 is 2.63 bits per heavy atom. The fourth-order valence-corrected chi connectivity index (χ4v) is 2.26. The van der Waals surface area contributed by atoms with E-state index in [0.717, 1.165) is 6.26 Å². The maximum atomic E-state index is 12.1. The SMILES string of the molecule is CN(CCS(C)(=O)=O)C(=O)N1CCOCC1C(=O)O. The number of aliphatic carboxylic acids is 1. The van der Waals surface area contributed by atoms with Crippen LogP contribution in [0, 0.1) is 0 Å². The topological polar surface area (TPSA) is 104 Å². The summed E-state index contributed by atoms with van der Waals surface area (Å²) in [5.41, 5.74) is 0. The van der Waals surface area contributed by atoms with Gasteiger partial charge in [-0.05, 0) is 0 Å². The minimum atomic E-state index is -3.17. The second-order valence-corrected chi connectivity index (χ2v) is 6.72. The molecular weight excluding hydrogens is 276 g/mol. The number of carboxylic acid groups (broad SMARTS) is 1. The first-order valence-corrected chi connectivity index (χ1v) is 7.78. The Morgan fingerprint density at radius 1 is 1.47 bits per heavy atom. The van der Waals surface area contributed by atoms with Gasteiger partial charge in [0.1, 0.15) is 9.84 Å². The molecule has 8 nitrogen and oxygen atoms in total. The third-order valence-corrected chi connectivity index (χ3v) is 3.71. The first kappa shape index (κ1) is 15.7. The average molecular weight is 294 g/mol. The molecule has 1 heterocycles. The van der Waals surface area contributed by atoms with Gasteiger partial charge in [-0.1, -0.05) is 0 Å². The van der Waals surface area contributed by atoms with Crippen LogP contribution in [0.5, 0.6) is 0 Å². The van der Waals surface area contributed by atoms with Gasteiger partial charge >= 0.3 is 12.0 Å². The van der Waals surface area contributed by atoms with Gasteiger partial charge in [0.15, 0.2) is 6.04 Å². The number of nitrogens with zero attached hydrogens (tertiary/aromatic N) is 2. The van der Waals surface area contributed by atoms with Crippen LogP contribution in [0.15, 0.2) is 0 Å². The summed E-state index contributed by atoms with van der Waals surface area (Å²) in [5.74, 6) is -1.29. The Kier molecular flexibility index (Phi) is 5.12. The molecule has 0 aromatic heterocycles. The van der Waals surface area contributed by atoms with Gasteiger partial charge in [-0.2, -0.15) is 0 Å². The quantitative estimate of drug-likeness (QED) is 0.703. The maximum absolute atomic E-state index is 12.1. The van der Waals surface area contributed by atoms with Crippen LogP contribution in [0.2, 0.25) is 0 Å². The van der Waals surface area contributed by atoms with Gasteiger partial charge in [0, 0.05) is 26.4 Å². The molecule has 1 unspecified atom stereocenters. The van der Waals surface area contributed by atoms with E-state index >= 15 is 0 Å². The van der Waals surface area contributed by atoms with Gasteiger partial charge in [0.05, 0.1) is 19.0 Å². The summed E-state index contributed by atoms with van der Waals surface area (Å²) < 4.78 is 27.1. The van der Waals surface area contributed by atoms with Gasteiger partial charge in [0.25, 0.3) is 0 Å². The molecule has 2 amide bonds. The molecule has 0 bridgehead atoms. The number of sulfone groups is 1. The summed E-state index contributed by atoms with van der Waals surface area (Å²) in [6.45, 7) is 0.427. The molecule has 0 spiro atoms. The average Bonchev–Trinajstić information content (AvgIpc) is 2.34. The van der Waals surface area contributed by atoms with Crippen LogP contribution in [0.3, 0.4) is 0 Å². The number of amides is 2. The van der Waals surface area contributed by atoms with Gasteiger partial charge in [-0.15, -0.1) is 0 Å². The third-order valence-electron chi connectivity index (χ3n) is 2.78. The Bertz CT molecular complexity index is 449. The van der Waals surface area contributed by atoms with Crippen LogP contribution < -0.4 is 0 Å². The summed E-state index contributed by atoms with van der Waals surface area (Å²) in [4.78, 5) is 25.5. The number of urea groups is 1. The van der Waals surface area contributed by atoms with Crippen molar-refractivity contribution in [3.8, 4) is 0 Å². The highest BCUT2D eigenvalue weighted by atomic mass is 32.2. The molecule has 1 rings (SSSR count). The standard InChI is InChI=1S/C10H18N2O6S/c1-11(4-6-19(2,16)17)10(15)12-3-5-18-7-8(12)9(13)14/h8H,3-7H2,1-2H3,(H,13,14). The largest absolute Gasteiger partial charge is 0.480 e. The van der Waals surface area contributed by atoms with Crippen molar-refractivity contribution >= 4 is 21.8 Å². The smallest absolute Gasteiger partial charge is 0.328 e. The van der Waals surface area contributed by atoms with E-state index in [1.54, 1.807) is 0 Å². The van der Waals surface area contributed by atoms with Crippen LogP contribution in [-0.4, -0.2) is 86.7 Å². The normalized spacial score (nSPS) is 20.1. The van der Waals surface area contributed by atoms with E-state index in [-0.39, 0.29) is 32.1 Å². The zero-order valence-electron chi connectivity index (χ0n) is 10.9. The van der Waals surface area contributed by atoms with Gasteiger partial charge in [-0.3, -0.25) is 0 Å². The van der Waals surface area contributed by atoms with E-state index in [9.17, 15) is 18.0 Å². The summed E-state index contributed by atoms with van der Waals surface area (Å²) in [6.07, 6.45) is 1.08. The van der Waals surface area contributed by atoms with Crippen LogP contribution in [0.1, 0.15) is 0 Å². The number of carboxylic acids is 1. The first-order chi connectivity index (χ1) is 8.72. The Balaban J connectivity index is 2.66. The van der Waals surface area contributed by atoms with Gasteiger partial charge < -0.3 is 19.6 Å². The summed E-state index contributed by atoms with van der Waals surface area (Å²) in [6, 6.07) is -1.53. The molecule has 1 aliphatic heterocycles. The molecule has 0 saturated carbocycles. The lowest BCUT2D eigenvalue weighted by molar-refractivity contribution is -0.147.